The third-order valence-electron chi connectivity index (χ3n) is 2.49. The maximum absolute atomic E-state index is 11.0. The smallest absolute Gasteiger partial charge is 0.323 e. The van der Waals surface area contributed by atoms with Crippen molar-refractivity contribution in [2.75, 3.05) is 19.8 Å². The SMILES string of the molecule is O=C(O)C1COCCN1Cc1ccsc1. The standard InChI is InChI=1S/C10H13NO3S/c12-10(13)9-6-14-3-2-11(9)5-8-1-4-15-7-8/h1,4,7,9H,2-3,5-6H2,(H,12,13). The van der Waals surface area contributed by atoms with Gasteiger partial charge in [0.15, 0.2) is 0 Å². The molecule has 1 N–H and O–H groups in total. The quantitative estimate of drug-likeness (QED) is 0.838. The largest absolute Gasteiger partial charge is 0.480 e. The van der Waals surface area contributed by atoms with Crippen molar-refractivity contribution in [3.05, 3.63) is 22.4 Å². The number of hydrogen-bond acceptors (Lipinski definition) is 4. The Morgan fingerprint density at radius 2 is 2.60 bits per heavy atom. The predicted octanol–water partition coefficient (Wildman–Crippen LogP) is 1.03. The molecule has 1 aliphatic heterocycles. The van der Waals surface area contributed by atoms with Crippen LogP contribution in [-0.2, 0) is 16.1 Å². The van der Waals surface area contributed by atoms with Gasteiger partial charge in [0.05, 0.1) is 13.2 Å². The average molecular weight is 227 g/mol. The highest BCUT2D eigenvalue weighted by atomic mass is 32.1. The molecular formula is C10H13NO3S. The Morgan fingerprint density at radius 1 is 1.73 bits per heavy atom. The molecule has 1 saturated heterocycles. The van der Waals surface area contributed by atoms with Crippen LogP contribution in [0.1, 0.15) is 5.56 Å². The average Bonchev–Trinajstić information content (AvgIpc) is 2.71. The molecule has 1 atom stereocenters. The molecule has 2 heterocycles. The summed E-state index contributed by atoms with van der Waals surface area (Å²) in [6.07, 6.45) is 0. The molecule has 1 fully saturated rings. The molecule has 5 heteroatoms. The molecule has 1 aromatic rings. The number of carbonyl (C=O) groups is 1. The highest BCUT2D eigenvalue weighted by Gasteiger charge is 2.28. The lowest BCUT2D eigenvalue weighted by atomic mass is 10.2. The summed E-state index contributed by atoms with van der Waals surface area (Å²) in [7, 11) is 0. The normalized spacial score (nSPS) is 22.8. The zero-order valence-corrected chi connectivity index (χ0v) is 9.07. The highest BCUT2D eigenvalue weighted by molar-refractivity contribution is 7.07. The van der Waals surface area contributed by atoms with Crippen molar-refractivity contribution in [3.63, 3.8) is 0 Å². The summed E-state index contributed by atoms with van der Waals surface area (Å²) in [5.41, 5.74) is 1.17. The first-order chi connectivity index (χ1) is 7.27. The van der Waals surface area contributed by atoms with E-state index < -0.39 is 12.0 Å². The van der Waals surface area contributed by atoms with E-state index in [4.69, 9.17) is 9.84 Å². The minimum Gasteiger partial charge on any atom is -0.480 e. The summed E-state index contributed by atoms with van der Waals surface area (Å²) in [6.45, 7) is 2.30. The van der Waals surface area contributed by atoms with Crippen LogP contribution >= 0.6 is 11.3 Å². The number of carboxylic acid groups (broad SMARTS) is 1. The minimum absolute atomic E-state index is 0.291. The molecule has 0 saturated carbocycles. The minimum atomic E-state index is -0.801. The molecular weight excluding hydrogens is 214 g/mol. The monoisotopic (exact) mass is 227 g/mol. The summed E-state index contributed by atoms with van der Waals surface area (Å²) in [6, 6.07) is 1.53. The van der Waals surface area contributed by atoms with E-state index in [2.05, 4.69) is 0 Å². The van der Waals surface area contributed by atoms with Crippen LogP contribution in [0.15, 0.2) is 16.8 Å². The fourth-order valence-corrected chi connectivity index (χ4v) is 2.33. The Hall–Kier alpha value is -0.910. The van der Waals surface area contributed by atoms with Gasteiger partial charge in [-0.25, -0.2) is 0 Å². The van der Waals surface area contributed by atoms with Crippen molar-refractivity contribution < 1.29 is 14.6 Å². The molecule has 2 rings (SSSR count). The highest BCUT2D eigenvalue weighted by Crippen LogP contribution is 2.14. The first kappa shape index (κ1) is 10.6. The Morgan fingerprint density at radius 3 is 3.27 bits per heavy atom. The number of rotatable bonds is 3. The van der Waals surface area contributed by atoms with Gasteiger partial charge in [-0.05, 0) is 22.4 Å². The van der Waals surface area contributed by atoms with Gasteiger partial charge in [-0.2, -0.15) is 11.3 Å². The van der Waals surface area contributed by atoms with Crippen LogP contribution in [0.25, 0.3) is 0 Å². The van der Waals surface area contributed by atoms with Gasteiger partial charge in [-0.15, -0.1) is 0 Å². The predicted molar refractivity (Wildman–Crippen MR) is 57.0 cm³/mol. The molecule has 0 radical (unpaired) electrons. The van der Waals surface area contributed by atoms with Crippen LogP contribution in [0, 0.1) is 0 Å². The number of carboxylic acids is 1. The van der Waals surface area contributed by atoms with E-state index in [9.17, 15) is 4.79 Å². The third-order valence-corrected chi connectivity index (χ3v) is 3.22. The van der Waals surface area contributed by atoms with E-state index in [-0.39, 0.29) is 0 Å². The summed E-state index contributed by atoms with van der Waals surface area (Å²) < 4.78 is 5.17. The number of thiophene rings is 1. The van der Waals surface area contributed by atoms with Crippen molar-refractivity contribution >= 4 is 17.3 Å². The van der Waals surface area contributed by atoms with Gasteiger partial charge < -0.3 is 9.84 Å². The Kier molecular flexibility index (Phi) is 3.35. The van der Waals surface area contributed by atoms with Crippen LogP contribution < -0.4 is 0 Å². The summed E-state index contributed by atoms with van der Waals surface area (Å²) in [4.78, 5) is 12.9. The summed E-state index contributed by atoms with van der Waals surface area (Å²) in [5.74, 6) is -0.801. The number of nitrogens with zero attached hydrogens (tertiary/aromatic N) is 1. The zero-order valence-electron chi connectivity index (χ0n) is 8.26. The van der Waals surface area contributed by atoms with Crippen molar-refractivity contribution in [2.24, 2.45) is 0 Å². The van der Waals surface area contributed by atoms with Crippen LogP contribution in [0.2, 0.25) is 0 Å². The second-order valence-electron chi connectivity index (χ2n) is 3.53. The first-order valence-electron chi connectivity index (χ1n) is 4.83. The fraction of sp³-hybridized carbons (Fsp3) is 0.500. The molecule has 4 nitrogen and oxygen atoms in total. The topological polar surface area (TPSA) is 49.8 Å². The van der Waals surface area contributed by atoms with Crippen LogP contribution in [0.3, 0.4) is 0 Å². The van der Waals surface area contributed by atoms with E-state index in [0.717, 1.165) is 0 Å². The molecule has 82 valence electrons. The molecule has 0 bridgehead atoms. The molecule has 1 aromatic heterocycles. The maximum Gasteiger partial charge on any atom is 0.323 e. The van der Waals surface area contributed by atoms with Gasteiger partial charge in [0.25, 0.3) is 0 Å². The molecule has 0 spiro atoms. The van der Waals surface area contributed by atoms with Crippen LogP contribution in [0.4, 0.5) is 0 Å². The van der Waals surface area contributed by atoms with Crippen molar-refractivity contribution in [1.82, 2.24) is 4.90 Å². The summed E-state index contributed by atoms with van der Waals surface area (Å²) >= 11 is 1.63. The Balaban J connectivity index is 2.02. The van der Waals surface area contributed by atoms with Gasteiger partial charge in [0.1, 0.15) is 6.04 Å². The van der Waals surface area contributed by atoms with Crippen LogP contribution in [-0.4, -0.2) is 41.8 Å². The maximum atomic E-state index is 11.0. The number of hydrogen-bond donors (Lipinski definition) is 1. The van der Waals surface area contributed by atoms with E-state index in [1.165, 1.54) is 5.56 Å². The molecule has 1 unspecified atom stereocenters. The Bertz CT molecular complexity index is 325. The van der Waals surface area contributed by atoms with Crippen LogP contribution in [0.5, 0.6) is 0 Å². The molecule has 0 aliphatic carbocycles. The van der Waals surface area contributed by atoms with E-state index >= 15 is 0 Å². The number of morpholine rings is 1. The third kappa shape index (κ3) is 2.56. The van der Waals surface area contributed by atoms with Crippen molar-refractivity contribution in [2.45, 2.75) is 12.6 Å². The van der Waals surface area contributed by atoms with Crippen molar-refractivity contribution in [3.8, 4) is 0 Å². The fourth-order valence-electron chi connectivity index (χ4n) is 1.67. The molecule has 0 amide bonds. The lowest BCUT2D eigenvalue weighted by Gasteiger charge is -2.32. The second-order valence-corrected chi connectivity index (χ2v) is 4.31. The lowest BCUT2D eigenvalue weighted by Crippen LogP contribution is -2.49. The zero-order chi connectivity index (χ0) is 10.7. The van der Waals surface area contributed by atoms with Gasteiger partial charge in [0.2, 0.25) is 0 Å². The number of ether oxygens (including phenoxy) is 1. The van der Waals surface area contributed by atoms with Crippen molar-refractivity contribution in [1.29, 1.82) is 0 Å². The molecule has 1 aliphatic rings. The molecule has 0 aromatic carbocycles. The van der Waals surface area contributed by atoms with Gasteiger partial charge in [0, 0.05) is 13.1 Å². The van der Waals surface area contributed by atoms with Gasteiger partial charge in [-0.1, -0.05) is 0 Å². The van der Waals surface area contributed by atoms with Gasteiger partial charge in [-0.3, -0.25) is 9.69 Å². The van der Waals surface area contributed by atoms with E-state index in [0.29, 0.717) is 26.3 Å². The summed E-state index contributed by atoms with van der Waals surface area (Å²) in [5, 5.41) is 13.1. The van der Waals surface area contributed by atoms with E-state index in [1.807, 2.05) is 21.7 Å². The Labute approximate surface area is 92.1 Å². The van der Waals surface area contributed by atoms with E-state index in [1.54, 1.807) is 11.3 Å². The van der Waals surface area contributed by atoms with Gasteiger partial charge >= 0.3 is 5.97 Å². The number of aliphatic carboxylic acids is 1. The molecule has 15 heavy (non-hydrogen) atoms. The second kappa shape index (κ2) is 4.74. The first-order valence-corrected chi connectivity index (χ1v) is 5.77. The lowest BCUT2D eigenvalue weighted by molar-refractivity contribution is -0.150.